The van der Waals surface area contributed by atoms with E-state index >= 15 is 0 Å². The number of carbonyl (C=O) groups is 1. The Kier molecular flexibility index (Phi) is 5.83. The van der Waals surface area contributed by atoms with Crippen molar-refractivity contribution in [1.29, 1.82) is 0 Å². The molecule has 34 heavy (non-hydrogen) atoms. The van der Waals surface area contributed by atoms with Crippen LogP contribution in [0.4, 0.5) is 10.5 Å². The van der Waals surface area contributed by atoms with Gasteiger partial charge in [0.1, 0.15) is 5.75 Å². The van der Waals surface area contributed by atoms with Crippen LogP contribution < -0.4 is 11.1 Å². The highest BCUT2D eigenvalue weighted by Crippen LogP contribution is 2.48. The maximum absolute atomic E-state index is 13.4. The second kappa shape index (κ2) is 8.81. The molecular weight excluding hydrogens is 428 g/mol. The first kappa shape index (κ1) is 22.5. The molecule has 3 atom stereocenters. The molecule has 7 nitrogen and oxygen atoms in total. The molecule has 1 fully saturated rings. The number of carbonyl (C=O) groups excluding carboxylic acids is 1. The topological polar surface area (TPSA) is 95.0 Å². The molecule has 178 valence electrons. The molecule has 2 amide bonds. The van der Waals surface area contributed by atoms with Gasteiger partial charge in [-0.1, -0.05) is 25.1 Å². The Morgan fingerprint density at radius 3 is 2.74 bits per heavy atom. The highest BCUT2D eigenvalue weighted by atomic mass is 16.3. The normalized spacial score (nSPS) is 23.9. The van der Waals surface area contributed by atoms with E-state index in [0.717, 1.165) is 48.3 Å². The number of furan rings is 1. The first-order chi connectivity index (χ1) is 16.4. The van der Waals surface area contributed by atoms with Crippen LogP contribution in [0.1, 0.15) is 35.6 Å². The Balaban J connectivity index is 1.47. The van der Waals surface area contributed by atoms with Gasteiger partial charge in [0.05, 0.1) is 18.6 Å². The molecule has 2 bridgehead atoms. The van der Waals surface area contributed by atoms with Gasteiger partial charge in [0.2, 0.25) is 0 Å². The molecular formula is C27H32N4O3. The highest BCUT2D eigenvalue weighted by molar-refractivity contribution is 5.89. The third kappa shape index (κ3) is 3.95. The van der Waals surface area contributed by atoms with Gasteiger partial charge in [0.25, 0.3) is 0 Å². The summed E-state index contributed by atoms with van der Waals surface area (Å²) in [5.74, 6) is 0.269. The number of anilines is 1. The third-order valence-corrected chi connectivity index (χ3v) is 7.69. The number of urea groups is 1. The molecule has 1 saturated heterocycles. The lowest BCUT2D eigenvalue weighted by Gasteiger charge is -2.57. The molecule has 1 unspecified atom stereocenters. The van der Waals surface area contributed by atoms with Crippen molar-refractivity contribution >= 4 is 11.7 Å². The van der Waals surface area contributed by atoms with E-state index in [0.29, 0.717) is 6.54 Å². The number of benzene rings is 2. The summed E-state index contributed by atoms with van der Waals surface area (Å²) >= 11 is 0. The summed E-state index contributed by atoms with van der Waals surface area (Å²) < 4.78 is 5.31. The predicted octanol–water partition coefficient (Wildman–Crippen LogP) is 4.06. The molecule has 2 heterocycles. The molecule has 1 aliphatic carbocycles. The fourth-order valence-corrected chi connectivity index (χ4v) is 5.91. The Morgan fingerprint density at radius 2 is 2.03 bits per heavy atom. The number of likely N-dealkylation sites (N-methyl/N-ethyl adjacent to an activating group) is 1. The molecule has 0 radical (unpaired) electrons. The molecule has 2 aromatic carbocycles. The van der Waals surface area contributed by atoms with Gasteiger partial charge in [-0.25, -0.2) is 4.79 Å². The molecule has 0 saturated carbocycles. The van der Waals surface area contributed by atoms with Gasteiger partial charge in [-0.05, 0) is 66.4 Å². The Bertz CT molecular complexity index is 1160. The summed E-state index contributed by atoms with van der Waals surface area (Å²) in [6.07, 6.45) is 5.19. The van der Waals surface area contributed by atoms with E-state index in [2.05, 4.69) is 17.1 Å². The number of hydrogen-bond donors (Lipinski definition) is 3. The number of phenols is 1. The summed E-state index contributed by atoms with van der Waals surface area (Å²) in [5, 5.41) is 13.3. The van der Waals surface area contributed by atoms with E-state index < -0.39 is 0 Å². The van der Waals surface area contributed by atoms with Gasteiger partial charge in [0.15, 0.2) is 0 Å². The Labute approximate surface area is 200 Å². The number of aromatic hydroxyl groups is 1. The Morgan fingerprint density at radius 1 is 1.24 bits per heavy atom. The zero-order chi connectivity index (χ0) is 23.9. The second-order valence-corrected chi connectivity index (χ2v) is 9.77. The maximum atomic E-state index is 13.4. The number of likely N-dealkylation sites (tertiary alicyclic amines) is 1. The zero-order valence-electron chi connectivity index (χ0n) is 19.7. The van der Waals surface area contributed by atoms with Crippen LogP contribution in [0.3, 0.4) is 0 Å². The van der Waals surface area contributed by atoms with Gasteiger partial charge < -0.3 is 25.5 Å². The van der Waals surface area contributed by atoms with Crippen LogP contribution in [-0.2, 0) is 24.9 Å². The third-order valence-electron chi connectivity index (χ3n) is 7.69. The number of nitrogens with one attached hydrogen (secondary N) is 1. The van der Waals surface area contributed by atoms with Crippen molar-refractivity contribution in [3.63, 3.8) is 0 Å². The number of nitrogens with zero attached hydrogens (tertiary/aromatic N) is 2. The number of rotatable bonds is 5. The lowest BCUT2D eigenvalue weighted by Crippen LogP contribution is -2.68. The summed E-state index contributed by atoms with van der Waals surface area (Å²) in [6.45, 7) is 4.39. The number of amides is 2. The first-order valence-electron chi connectivity index (χ1n) is 11.8. The maximum Gasteiger partial charge on any atom is 0.321 e. The van der Waals surface area contributed by atoms with Crippen LogP contribution >= 0.6 is 0 Å². The molecule has 1 aromatic heterocycles. The van der Waals surface area contributed by atoms with Crippen LogP contribution in [0, 0.1) is 0 Å². The number of hydrogen-bond acceptors (Lipinski definition) is 5. The smallest absolute Gasteiger partial charge is 0.321 e. The minimum Gasteiger partial charge on any atom is -0.508 e. The van der Waals surface area contributed by atoms with Crippen molar-refractivity contribution in [2.45, 2.75) is 50.4 Å². The van der Waals surface area contributed by atoms with Gasteiger partial charge in [0, 0.05) is 42.8 Å². The van der Waals surface area contributed by atoms with Crippen LogP contribution in [0.5, 0.6) is 5.75 Å². The average Bonchev–Trinajstić information content (AvgIpc) is 3.35. The Hall–Kier alpha value is -3.29. The molecule has 5 rings (SSSR count). The largest absolute Gasteiger partial charge is 0.508 e. The van der Waals surface area contributed by atoms with Gasteiger partial charge in [-0.15, -0.1) is 0 Å². The summed E-state index contributed by atoms with van der Waals surface area (Å²) in [6, 6.07) is 15.2. The van der Waals surface area contributed by atoms with E-state index in [1.165, 1.54) is 5.56 Å². The van der Waals surface area contributed by atoms with Crippen LogP contribution in [0.2, 0.25) is 0 Å². The molecule has 7 heteroatoms. The second-order valence-electron chi connectivity index (χ2n) is 9.77. The van der Waals surface area contributed by atoms with Crippen LogP contribution in [0.15, 0.2) is 65.5 Å². The molecule has 4 N–H and O–H groups in total. The van der Waals surface area contributed by atoms with Crippen molar-refractivity contribution in [3.05, 3.63) is 83.3 Å². The molecule has 2 aliphatic rings. The highest BCUT2D eigenvalue weighted by Gasteiger charge is 2.53. The van der Waals surface area contributed by atoms with Crippen LogP contribution in [-0.4, -0.2) is 46.6 Å². The monoisotopic (exact) mass is 460 g/mol. The number of phenolic OH excluding ortho intramolecular Hbond substituents is 1. The predicted molar refractivity (Wildman–Crippen MR) is 132 cm³/mol. The molecule has 0 spiro atoms. The number of nitrogens with two attached hydrogens (primary N) is 1. The van der Waals surface area contributed by atoms with Crippen LogP contribution in [0.25, 0.3) is 0 Å². The van der Waals surface area contributed by atoms with Gasteiger partial charge in [-0.2, -0.15) is 0 Å². The van der Waals surface area contributed by atoms with Gasteiger partial charge >= 0.3 is 6.03 Å². The minimum absolute atomic E-state index is 0.0641. The van der Waals surface area contributed by atoms with E-state index in [1.54, 1.807) is 18.6 Å². The fraction of sp³-hybridized carbons (Fsp3) is 0.370. The number of piperidine rings is 1. The first-order valence-corrected chi connectivity index (χ1v) is 11.8. The average molecular weight is 461 g/mol. The van der Waals surface area contributed by atoms with E-state index in [4.69, 9.17) is 10.2 Å². The lowest BCUT2D eigenvalue weighted by molar-refractivity contribution is 0.00230. The molecule has 3 aromatic rings. The van der Waals surface area contributed by atoms with Crippen molar-refractivity contribution in [3.8, 4) is 5.75 Å². The van der Waals surface area contributed by atoms with Gasteiger partial charge in [-0.3, -0.25) is 4.90 Å². The standard InChI is InChI=1S/C27H32N4O3/c1-27-10-11-31(16-19-9-12-34-17-19)24(13-20-5-8-22(32)14-23(20)27)25(27)30(2)26(33)29-21-6-3-18(15-28)4-7-21/h3-9,12,14,17,24-25,32H,10-11,13,15-16,28H2,1-2H3,(H,29,33)/t24?,25-,27+/m0/s1. The number of fused-ring (bicyclic) bond motifs is 4. The lowest BCUT2D eigenvalue weighted by atomic mass is 9.61. The molecule has 1 aliphatic heterocycles. The van der Waals surface area contributed by atoms with E-state index in [-0.39, 0.29) is 29.3 Å². The summed E-state index contributed by atoms with van der Waals surface area (Å²) in [5.41, 5.74) is 10.7. The minimum atomic E-state index is -0.278. The van der Waals surface area contributed by atoms with E-state index in [9.17, 15) is 9.90 Å². The SMILES string of the molecule is CN(C(=O)Nc1ccc(CN)cc1)[C@H]1C2Cc3ccc(O)cc3[C@@]1(C)CCN2Cc1ccoc1. The summed E-state index contributed by atoms with van der Waals surface area (Å²) in [7, 11) is 1.88. The quantitative estimate of drug-likeness (QED) is 0.534. The van der Waals surface area contributed by atoms with Crippen molar-refractivity contribution in [2.24, 2.45) is 5.73 Å². The zero-order valence-corrected chi connectivity index (χ0v) is 19.7. The van der Waals surface area contributed by atoms with Crippen molar-refractivity contribution in [2.75, 3.05) is 18.9 Å². The fourth-order valence-electron chi connectivity index (χ4n) is 5.91. The van der Waals surface area contributed by atoms with Crippen molar-refractivity contribution in [1.82, 2.24) is 9.80 Å². The van der Waals surface area contributed by atoms with E-state index in [1.807, 2.05) is 54.4 Å². The van der Waals surface area contributed by atoms with Crippen molar-refractivity contribution < 1.29 is 14.3 Å². The summed E-state index contributed by atoms with van der Waals surface area (Å²) in [4.78, 5) is 17.8.